The van der Waals surface area contributed by atoms with Crippen molar-refractivity contribution in [3.8, 4) is 0 Å². The summed E-state index contributed by atoms with van der Waals surface area (Å²) in [7, 11) is 0. The molecule has 4 nitrogen and oxygen atoms in total. The molecule has 0 aliphatic rings. The lowest BCUT2D eigenvalue weighted by molar-refractivity contribution is 0.00619. The summed E-state index contributed by atoms with van der Waals surface area (Å²) in [6, 6.07) is 20.0. The first-order chi connectivity index (χ1) is 11.3. The molecule has 0 amide bonds. The minimum atomic E-state index is -0.575. The predicted octanol–water partition coefficient (Wildman–Crippen LogP) is 2.06. The Morgan fingerprint density at radius 1 is 0.913 bits per heavy atom. The molecule has 0 aliphatic heterocycles. The Morgan fingerprint density at radius 3 is 2.13 bits per heavy atom. The Labute approximate surface area is 138 Å². The molecule has 2 aromatic rings. The van der Waals surface area contributed by atoms with Crippen molar-refractivity contribution in [3.05, 3.63) is 71.8 Å². The third-order valence-corrected chi connectivity index (χ3v) is 3.56. The van der Waals surface area contributed by atoms with E-state index in [-0.39, 0.29) is 13.2 Å². The van der Waals surface area contributed by atoms with E-state index in [1.54, 1.807) is 0 Å². The molecule has 2 rings (SSSR count). The Kier molecular flexibility index (Phi) is 7.77. The van der Waals surface area contributed by atoms with Gasteiger partial charge in [0.1, 0.15) is 0 Å². The van der Waals surface area contributed by atoms with Crippen molar-refractivity contribution >= 4 is 0 Å². The standard InChI is InChI=1S/C19H25NO3/c21-12-11-20(13-17-7-3-1-4-8-17)14-19(22)16-23-15-18-9-5-2-6-10-18/h1-10,19,21-22H,11-16H2/t19-/m0/s1. The van der Waals surface area contributed by atoms with Gasteiger partial charge < -0.3 is 14.9 Å². The highest BCUT2D eigenvalue weighted by Gasteiger charge is 2.12. The summed E-state index contributed by atoms with van der Waals surface area (Å²) >= 11 is 0. The lowest BCUT2D eigenvalue weighted by Gasteiger charge is -2.24. The van der Waals surface area contributed by atoms with Gasteiger partial charge in [-0.05, 0) is 11.1 Å². The number of rotatable bonds is 10. The summed E-state index contributed by atoms with van der Waals surface area (Å²) in [5.41, 5.74) is 2.26. The van der Waals surface area contributed by atoms with Crippen molar-refractivity contribution in [1.82, 2.24) is 4.90 Å². The third kappa shape index (κ3) is 6.93. The van der Waals surface area contributed by atoms with Crippen molar-refractivity contribution in [2.75, 3.05) is 26.3 Å². The average molecular weight is 315 g/mol. The normalized spacial score (nSPS) is 12.5. The van der Waals surface area contributed by atoms with Gasteiger partial charge in [0.25, 0.3) is 0 Å². The van der Waals surface area contributed by atoms with Crippen LogP contribution in [0, 0.1) is 0 Å². The van der Waals surface area contributed by atoms with Gasteiger partial charge in [-0.3, -0.25) is 4.90 Å². The second-order valence-corrected chi connectivity index (χ2v) is 5.60. The smallest absolute Gasteiger partial charge is 0.0900 e. The second-order valence-electron chi connectivity index (χ2n) is 5.60. The van der Waals surface area contributed by atoms with E-state index in [0.29, 0.717) is 26.2 Å². The maximum atomic E-state index is 10.2. The summed E-state index contributed by atoms with van der Waals surface area (Å²) in [5.74, 6) is 0. The molecule has 4 heteroatoms. The molecule has 2 aromatic carbocycles. The zero-order chi connectivity index (χ0) is 16.3. The molecule has 23 heavy (non-hydrogen) atoms. The number of aliphatic hydroxyl groups excluding tert-OH is 2. The van der Waals surface area contributed by atoms with Gasteiger partial charge in [0.2, 0.25) is 0 Å². The van der Waals surface area contributed by atoms with E-state index in [1.165, 1.54) is 5.56 Å². The molecule has 0 saturated carbocycles. The number of ether oxygens (including phenoxy) is 1. The van der Waals surface area contributed by atoms with Crippen LogP contribution in [0.15, 0.2) is 60.7 Å². The van der Waals surface area contributed by atoms with E-state index in [9.17, 15) is 10.2 Å². The van der Waals surface area contributed by atoms with Crippen LogP contribution in [0.2, 0.25) is 0 Å². The van der Waals surface area contributed by atoms with E-state index in [0.717, 1.165) is 5.56 Å². The van der Waals surface area contributed by atoms with Gasteiger partial charge in [0.05, 0.1) is 25.9 Å². The number of aliphatic hydroxyl groups is 2. The zero-order valence-corrected chi connectivity index (χ0v) is 13.3. The highest BCUT2D eigenvalue weighted by atomic mass is 16.5. The molecule has 0 heterocycles. The number of hydrogen-bond acceptors (Lipinski definition) is 4. The van der Waals surface area contributed by atoms with Gasteiger partial charge in [0, 0.05) is 19.6 Å². The zero-order valence-electron chi connectivity index (χ0n) is 13.3. The Bertz CT molecular complexity index is 533. The summed E-state index contributed by atoms with van der Waals surface area (Å²) in [6.45, 7) is 2.57. The first kappa shape index (κ1) is 17.6. The van der Waals surface area contributed by atoms with E-state index in [1.807, 2.05) is 65.6 Å². The third-order valence-electron chi connectivity index (χ3n) is 3.56. The summed E-state index contributed by atoms with van der Waals surface area (Å²) in [4.78, 5) is 2.03. The summed E-state index contributed by atoms with van der Waals surface area (Å²) < 4.78 is 5.57. The monoisotopic (exact) mass is 315 g/mol. The molecule has 124 valence electrons. The predicted molar refractivity (Wildman–Crippen MR) is 90.9 cm³/mol. The first-order valence-corrected chi connectivity index (χ1v) is 7.95. The second kappa shape index (κ2) is 10.1. The fourth-order valence-electron chi connectivity index (χ4n) is 2.46. The Hall–Kier alpha value is -1.72. The fraction of sp³-hybridized carbons (Fsp3) is 0.368. The van der Waals surface area contributed by atoms with Crippen LogP contribution in [0.3, 0.4) is 0 Å². The highest BCUT2D eigenvalue weighted by molar-refractivity contribution is 5.14. The summed E-state index contributed by atoms with van der Waals surface area (Å²) in [5, 5.41) is 19.4. The summed E-state index contributed by atoms with van der Waals surface area (Å²) in [6.07, 6.45) is -0.575. The molecule has 0 bridgehead atoms. The van der Waals surface area contributed by atoms with Gasteiger partial charge >= 0.3 is 0 Å². The maximum Gasteiger partial charge on any atom is 0.0900 e. The van der Waals surface area contributed by atoms with Crippen molar-refractivity contribution < 1.29 is 14.9 Å². The molecule has 0 fully saturated rings. The largest absolute Gasteiger partial charge is 0.395 e. The first-order valence-electron chi connectivity index (χ1n) is 7.95. The maximum absolute atomic E-state index is 10.2. The average Bonchev–Trinajstić information content (AvgIpc) is 2.57. The van der Waals surface area contributed by atoms with Gasteiger partial charge in [-0.1, -0.05) is 60.7 Å². The molecule has 0 unspecified atom stereocenters. The van der Waals surface area contributed by atoms with Crippen molar-refractivity contribution in [1.29, 1.82) is 0 Å². The topological polar surface area (TPSA) is 52.9 Å². The van der Waals surface area contributed by atoms with Gasteiger partial charge in [0.15, 0.2) is 0 Å². The molecule has 0 saturated heterocycles. The van der Waals surface area contributed by atoms with Crippen LogP contribution in [0.5, 0.6) is 0 Å². The molecule has 0 aliphatic carbocycles. The minimum absolute atomic E-state index is 0.0738. The lowest BCUT2D eigenvalue weighted by atomic mass is 10.2. The van der Waals surface area contributed by atoms with Crippen LogP contribution in [0.25, 0.3) is 0 Å². The van der Waals surface area contributed by atoms with Crippen LogP contribution in [0.4, 0.5) is 0 Å². The van der Waals surface area contributed by atoms with Crippen LogP contribution in [0.1, 0.15) is 11.1 Å². The Balaban J connectivity index is 1.75. The lowest BCUT2D eigenvalue weighted by Crippen LogP contribution is -2.36. The van der Waals surface area contributed by atoms with Gasteiger partial charge in [-0.15, -0.1) is 0 Å². The SMILES string of the molecule is OCCN(Cc1ccccc1)C[C@H](O)COCc1ccccc1. The van der Waals surface area contributed by atoms with Crippen LogP contribution >= 0.6 is 0 Å². The molecule has 0 aromatic heterocycles. The van der Waals surface area contributed by atoms with E-state index in [4.69, 9.17) is 4.74 Å². The van der Waals surface area contributed by atoms with Gasteiger partial charge in [-0.25, -0.2) is 0 Å². The van der Waals surface area contributed by atoms with Crippen molar-refractivity contribution in [2.45, 2.75) is 19.3 Å². The van der Waals surface area contributed by atoms with Crippen LogP contribution in [-0.2, 0) is 17.9 Å². The van der Waals surface area contributed by atoms with Crippen LogP contribution < -0.4 is 0 Å². The highest BCUT2D eigenvalue weighted by Crippen LogP contribution is 2.06. The van der Waals surface area contributed by atoms with E-state index in [2.05, 4.69) is 0 Å². The molecular formula is C19H25NO3. The number of nitrogens with zero attached hydrogens (tertiary/aromatic N) is 1. The van der Waals surface area contributed by atoms with Gasteiger partial charge in [-0.2, -0.15) is 0 Å². The fourth-order valence-corrected chi connectivity index (χ4v) is 2.46. The number of benzene rings is 2. The van der Waals surface area contributed by atoms with Crippen LogP contribution in [-0.4, -0.2) is 47.5 Å². The number of hydrogen-bond donors (Lipinski definition) is 2. The molecule has 2 N–H and O–H groups in total. The van der Waals surface area contributed by atoms with E-state index >= 15 is 0 Å². The Morgan fingerprint density at radius 2 is 1.52 bits per heavy atom. The molecular weight excluding hydrogens is 290 g/mol. The molecule has 0 spiro atoms. The van der Waals surface area contributed by atoms with Crippen molar-refractivity contribution in [3.63, 3.8) is 0 Å². The quantitative estimate of drug-likeness (QED) is 0.705. The minimum Gasteiger partial charge on any atom is -0.395 e. The van der Waals surface area contributed by atoms with Crippen molar-refractivity contribution in [2.24, 2.45) is 0 Å². The van der Waals surface area contributed by atoms with E-state index < -0.39 is 6.10 Å². The molecule has 0 radical (unpaired) electrons. The molecule has 1 atom stereocenters.